The van der Waals surface area contributed by atoms with Crippen LogP contribution in [-0.4, -0.2) is 20.0 Å². The number of rotatable bonds is 4. The second kappa shape index (κ2) is 8.89. The molecule has 1 fully saturated rings. The number of hydrogen-bond acceptors (Lipinski definition) is 4. The van der Waals surface area contributed by atoms with E-state index in [1.165, 1.54) is 19.3 Å². The van der Waals surface area contributed by atoms with Gasteiger partial charge in [0, 0.05) is 27.1 Å². The fourth-order valence-electron chi connectivity index (χ4n) is 4.31. The van der Waals surface area contributed by atoms with Gasteiger partial charge in [-0.25, -0.2) is 4.68 Å². The van der Waals surface area contributed by atoms with Gasteiger partial charge < -0.3 is 4.42 Å². The summed E-state index contributed by atoms with van der Waals surface area (Å²) in [6.07, 6.45) is 5.84. The first-order chi connectivity index (χ1) is 15.5. The quantitative estimate of drug-likeness (QED) is 0.293. The van der Waals surface area contributed by atoms with Crippen molar-refractivity contribution in [1.29, 1.82) is 0 Å². The molecule has 0 radical (unpaired) electrons. The van der Waals surface area contributed by atoms with Crippen molar-refractivity contribution in [2.75, 3.05) is 0 Å². The summed E-state index contributed by atoms with van der Waals surface area (Å²) in [5, 5.41) is 15.3. The third-order valence-corrected chi connectivity index (χ3v) is 6.78. The molecule has 32 heavy (non-hydrogen) atoms. The standard InChI is InChI=1S/C24H21Cl3N4O/c1-14-21(24-29-28-23(32-24)16-5-3-2-4-6-16)30-31(20-13-18(26)11-12-19(20)27)22(14)15-7-9-17(25)10-8-15/h7-13,16H,2-6H2,1H3. The first-order valence-electron chi connectivity index (χ1n) is 10.7. The molecule has 0 unspecified atom stereocenters. The van der Waals surface area contributed by atoms with Crippen LogP contribution in [0.15, 0.2) is 46.9 Å². The van der Waals surface area contributed by atoms with Crippen LogP contribution in [0.4, 0.5) is 0 Å². The van der Waals surface area contributed by atoms with Crippen molar-refractivity contribution in [2.24, 2.45) is 0 Å². The summed E-state index contributed by atoms with van der Waals surface area (Å²) in [6, 6.07) is 12.9. The summed E-state index contributed by atoms with van der Waals surface area (Å²) in [5.41, 5.74) is 4.00. The highest BCUT2D eigenvalue weighted by Gasteiger charge is 2.26. The normalized spacial score (nSPS) is 14.8. The van der Waals surface area contributed by atoms with E-state index in [2.05, 4.69) is 10.2 Å². The Hall–Kier alpha value is -2.34. The van der Waals surface area contributed by atoms with Crippen molar-refractivity contribution in [3.8, 4) is 28.5 Å². The zero-order valence-corrected chi connectivity index (χ0v) is 19.8. The lowest BCUT2D eigenvalue weighted by Crippen LogP contribution is -2.04. The second-order valence-electron chi connectivity index (χ2n) is 8.12. The molecule has 5 nitrogen and oxygen atoms in total. The number of nitrogens with zero attached hydrogens (tertiary/aromatic N) is 4. The molecule has 0 N–H and O–H groups in total. The zero-order valence-electron chi connectivity index (χ0n) is 17.5. The lowest BCUT2D eigenvalue weighted by molar-refractivity contribution is 0.366. The lowest BCUT2D eigenvalue weighted by atomic mass is 9.89. The topological polar surface area (TPSA) is 56.7 Å². The van der Waals surface area contributed by atoms with Gasteiger partial charge in [0.25, 0.3) is 5.89 Å². The maximum absolute atomic E-state index is 6.54. The molecule has 2 aromatic heterocycles. The molecule has 0 bridgehead atoms. The summed E-state index contributed by atoms with van der Waals surface area (Å²) < 4.78 is 7.91. The minimum absolute atomic E-state index is 0.325. The van der Waals surface area contributed by atoms with Crippen LogP contribution in [0.1, 0.15) is 49.5 Å². The average Bonchev–Trinajstić information content (AvgIpc) is 3.42. The summed E-state index contributed by atoms with van der Waals surface area (Å²) >= 11 is 18.9. The van der Waals surface area contributed by atoms with E-state index in [9.17, 15) is 0 Å². The minimum Gasteiger partial charge on any atom is -0.419 e. The van der Waals surface area contributed by atoms with Gasteiger partial charge in [-0.15, -0.1) is 10.2 Å². The smallest absolute Gasteiger partial charge is 0.268 e. The predicted octanol–water partition coefficient (Wildman–Crippen LogP) is 7.91. The molecule has 0 saturated heterocycles. The summed E-state index contributed by atoms with van der Waals surface area (Å²) in [6.45, 7) is 1.99. The van der Waals surface area contributed by atoms with Crippen LogP contribution in [0.25, 0.3) is 28.5 Å². The zero-order chi connectivity index (χ0) is 22.2. The fraction of sp³-hybridized carbons (Fsp3) is 0.292. The molecule has 5 rings (SSSR count). The number of halogens is 3. The van der Waals surface area contributed by atoms with Crippen LogP contribution in [0.3, 0.4) is 0 Å². The average molecular weight is 488 g/mol. The minimum atomic E-state index is 0.325. The molecule has 2 aromatic carbocycles. The number of hydrogen-bond donors (Lipinski definition) is 0. The van der Waals surface area contributed by atoms with E-state index in [-0.39, 0.29) is 0 Å². The van der Waals surface area contributed by atoms with Gasteiger partial charge in [0.1, 0.15) is 0 Å². The highest BCUT2D eigenvalue weighted by Crippen LogP contribution is 2.38. The molecule has 164 valence electrons. The Kier molecular flexibility index (Phi) is 5.97. The van der Waals surface area contributed by atoms with E-state index < -0.39 is 0 Å². The Balaban J connectivity index is 1.65. The van der Waals surface area contributed by atoms with E-state index in [4.69, 9.17) is 44.3 Å². The van der Waals surface area contributed by atoms with Gasteiger partial charge in [0.15, 0.2) is 5.69 Å². The Labute approximate surface area is 201 Å². The van der Waals surface area contributed by atoms with Crippen LogP contribution >= 0.6 is 34.8 Å². The van der Waals surface area contributed by atoms with Crippen LogP contribution in [0.5, 0.6) is 0 Å². The largest absolute Gasteiger partial charge is 0.419 e. The Bertz CT molecular complexity index is 1260. The number of benzene rings is 2. The molecular weight excluding hydrogens is 467 g/mol. The maximum atomic E-state index is 6.54. The second-order valence-corrected chi connectivity index (χ2v) is 9.40. The van der Waals surface area contributed by atoms with Gasteiger partial charge in [0.05, 0.1) is 16.4 Å². The monoisotopic (exact) mass is 486 g/mol. The molecule has 8 heteroatoms. The first kappa shape index (κ1) is 21.5. The van der Waals surface area contributed by atoms with Crippen molar-refractivity contribution in [3.05, 3.63) is 69.0 Å². The van der Waals surface area contributed by atoms with Gasteiger partial charge >= 0.3 is 0 Å². The van der Waals surface area contributed by atoms with Crippen LogP contribution < -0.4 is 0 Å². The van der Waals surface area contributed by atoms with E-state index in [0.29, 0.717) is 44.1 Å². The molecule has 1 aliphatic rings. The highest BCUT2D eigenvalue weighted by atomic mass is 35.5. The molecular formula is C24H21Cl3N4O. The Morgan fingerprint density at radius 3 is 2.38 bits per heavy atom. The summed E-state index contributed by atoms with van der Waals surface area (Å²) in [5.74, 6) is 1.43. The predicted molar refractivity (Wildman–Crippen MR) is 128 cm³/mol. The van der Waals surface area contributed by atoms with Crippen LogP contribution in [-0.2, 0) is 0 Å². The fourth-order valence-corrected chi connectivity index (χ4v) is 4.80. The van der Waals surface area contributed by atoms with Gasteiger partial charge in [0.2, 0.25) is 5.89 Å². The SMILES string of the molecule is Cc1c(-c2nnc(C3CCCCC3)o2)nn(-c2cc(Cl)ccc2Cl)c1-c1ccc(Cl)cc1. The van der Waals surface area contributed by atoms with E-state index in [1.807, 2.05) is 31.2 Å². The van der Waals surface area contributed by atoms with Gasteiger partial charge in [-0.05, 0) is 50.1 Å². The molecule has 1 saturated carbocycles. The molecule has 4 aromatic rings. The van der Waals surface area contributed by atoms with E-state index in [1.54, 1.807) is 22.9 Å². The van der Waals surface area contributed by atoms with E-state index in [0.717, 1.165) is 29.7 Å². The summed E-state index contributed by atoms with van der Waals surface area (Å²) in [4.78, 5) is 0. The van der Waals surface area contributed by atoms with Crippen LogP contribution in [0.2, 0.25) is 15.1 Å². The first-order valence-corrected chi connectivity index (χ1v) is 11.8. The van der Waals surface area contributed by atoms with Crippen molar-refractivity contribution < 1.29 is 4.42 Å². The third kappa shape index (κ3) is 4.05. The van der Waals surface area contributed by atoms with Crippen molar-refractivity contribution >= 4 is 34.8 Å². The molecule has 0 amide bonds. The van der Waals surface area contributed by atoms with Crippen molar-refractivity contribution in [2.45, 2.75) is 44.9 Å². The van der Waals surface area contributed by atoms with Gasteiger partial charge in [-0.1, -0.05) is 66.2 Å². The lowest BCUT2D eigenvalue weighted by Gasteiger charge is -2.17. The van der Waals surface area contributed by atoms with Crippen LogP contribution in [0, 0.1) is 6.92 Å². The number of aromatic nitrogens is 4. The Morgan fingerprint density at radius 2 is 1.62 bits per heavy atom. The molecule has 0 spiro atoms. The molecule has 0 atom stereocenters. The maximum Gasteiger partial charge on any atom is 0.268 e. The third-order valence-electron chi connectivity index (χ3n) is 5.97. The highest BCUT2D eigenvalue weighted by molar-refractivity contribution is 6.34. The van der Waals surface area contributed by atoms with Crippen molar-refractivity contribution in [3.63, 3.8) is 0 Å². The molecule has 2 heterocycles. The van der Waals surface area contributed by atoms with E-state index >= 15 is 0 Å². The Morgan fingerprint density at radius 1 is 0.906 bits per heavy atom. The molecule has 0 aliphatic heterocycles. The van der Waals surface area contributed by atoms with Crippen molar-refractivity contribution in [1.82, 2.24) is 20.0 Å². The van der Waals surface area contributed by atoms with Gasteiger partial charge in [-0.2, -0.15) is 5.10 Å². The summed E-state index contributed by atoms with van der Waals surface area (Å²) in [7, 11) is 0. The molecule has 1 aliphatic carbocycles. The van der Waals surface area contributed by atoms with Gasteiger partial charge in [-0.3, -0.25) is 0 Å².